The topological polar surface area (TPSA) is 131 Å². The van der Waals surface area contributed by atoms with E-state index in [9.17, 15) is 18.5 Å². The number of nitro groups is 1. The Labute approximate surface area is 107 Å². The van der Waals surface area contributed by atoms with Crippen molar-refractivity contribution in [3.8, 4) is 0 Å². The number of para-hydroxylation sites is 1. The van der Waals surface area contributed by atoms with Gasteiger partial charge < -0.3 is 0 Å². The van der Waals surface area contributed by atoms with Crippen molar-refractivity contribution < 1.29 is 13.3 Å². The zero-order valence-electron chi connectivity index (χ0n) is 9.48. The maximum absolute atomic E-state index is 11.8. The first-order valence-electron chi connectivity index (χ1n) is 5.06. The fraction of sp³-hybridized carbons (Fsp3) is 0.111. The van der Waals surface area contributed by atoms with Gasteiger partial charge in [0, 0.05) is 11.6 Å². The van der Waals surface area contributed by atoms with Gasteiger partial charge in [-0.25, -0.2) is 13.5 Å². The van der Waals surface area contributed by atoms with Crippen LogP contribution in [0.2, 0.25) is 0 Å². The molecule has 0 fully saturated rings. The second-order valence-corrected chi connectivity index (χ2v) is 5.30. The molecule has 0 amide bonds. The number of rotatable bonds is 5. The molecule has 9 nitrogen and oxygen atoms in total. The van der Waals surface area contributed by atoms with Crippen LogP contribution in [0, 0.1) is 10.1 Å². The van der Waals surface area contributed by atoms with Crippen molar-refractivity contribution in [3.63, 3.8) is 0 Å². The van der Waals surface area contributed by atoms with Crippen LogP contribution in [0.5, 0.6) is 0 Å². The van der Waals surface area contributed by atoms with Gasteiger partial charge in [-0.1, -0.05) is 18.2 Å². The molecule has 0 saturated carbocycles. The third-order valence-electron chi connectivity index (χ3n) is 2.20. The standard InChI is InChI=1S/C9H9N5O4S/c15-14(16)8-4-2-1-3-7(8)5-19(17,18)13-9-10-6-11-12-9/h1-4,6H,5H2,(H2,10,11,12,13). The highest BCUT2D eigenvalue weighted by Crippen LogP contribution is 2.20. The first-order valence-corrected chi connectivity index (χ1v) is 6.71. The first-order chi connectivity index (χ1) is 8.98. The molecule has 1 heterocycles. The van der Waals surface area contributed by atoms with E-state index in [2.05, 4.69) is 19.9 Å². The van der Waals surface area contributed by atoms with Gasteiger partial charge in [0.1, 0.15) is 12.1 Å². The summed E-state index contributed by atoms with van der Waals surface area (Å²) in [7, 11) is -3.80. The number of nitro benzene ring substituents is 1. The Morgan fingerprint density at radius 3 is 2.74 bits per heavy atom. The van der Waals surface area contributed by atoms with Crippen LogP contribution in [0.3, 0.4) is 0 Å². The number of aromatic nitrogens is 3. The summed E-state index contributed by atoms with van der Waals surface area (Å²) in [6.45, 7) is 0. The van der Waals surface area contributed by atoms with E-state index in [0.717, 1.165) is 6.33 Å². The molecule has 19 heavy (non-hydrogen) atoms. The number of anilines is 1. The first kappa shape index (κ1) is 13.0. The van der Waals surface area contributed by atoms with E-state index in [4.69, 9.17) is 0 Å². The lowest BCUT2D eigenvalue weighted by Gasteiger charge is -2.05. The van der Waals surface area contributed by atoms with Gasteiger partial charge in [0.05, 0.1) is 4.92 Å². The third kappa shape index (κ3) is 3.25. The molecule has 2 rings (SSSR count). The Kier molecular flexibility index (Phi) is 3.42. The zero-order chi connectivity index (χ0) is 13.9. The Hall–Kier alpha value is -2.49. The van der Waals surface area contributed by atoms with Crippen molar-refractivity contribution in [1.82, 2.24) is 15.2 Å². The minimum Gasteiger partial charge on any atom is -0.258 e. The summed E-state index contributed by atoms with van der Waals surface area (Å²) < 4.78 is 25.8. The molecular weight excluding hydrogens is 274 g/mol. The summed E-state index contributed by atoms with van der Waals surface area (Å²) in [5, 5.41) is 16.6. The number of sulfonamides is 1. The normalized spacial score (nSPS) is 11.2. The lowest BCUT2D eigenvalue weighted by molar-refractivity contribution is -0.385. The molecule has 0 saturated heterocycles. The predicted octanol–water partition coefficient (Wildman–Crippen LogP) is 0.655. The number of H-pyrrole nitrogens is 1. The lowest BCUT2D eigenvalue weighted by atomic mass is 10.2. The number of hydrogen-bond acceptors (Lipinski definition) is 6. The van der Waals surface area contributed by atoms with Crippen LogP contribution >= 0.6 is 0 Å². The summed E-state index contributed by atoms with van der Waals surface area (Å²) in [6, 6.07) is 5.64. The molecule has 2 aromatic rings. The van der Waals surface area contributed by atoms with Gasteiger partial charge in [-0.05, 0) is 0 Å². The van der Waals surface area contributed by atoms with Gasteiger partial charge in [-0.15, -0.1) is 0 Å². The maximum atomic E-state index is 11.8. The van der Waals surface area contributed by atoms with Crippen molar-refractivity contribution in [2.24, 2.45) is 0 Å². The second-order valence-electron chi connectivity index (χ2n) is 3.58. The van der Waals surface area contributed by atoms with Gasteiger partial charge in [-0.2, -0.15) is 10.1 Å². The number of nitrogens with zero attached hydrogens (tertiary/aromatic N) is 3. The fourth-order valence-electron chi connectivity index (χ4n) is 1.45. The molecule has 2 N–H and O–H groups in total. The van der Waals surface area contributed by atoms with Crippen molar-refractivity contribution in [3.05, 3.63) is 46.3 Å². The summed E-state index contributed by atoms with van der Waals surface area (Å²) >= 11 is 0. The van der Waals surface area contributed by atoms with Crippen molar-refractivity contribution in [2.75, 3.05) is 4.72 Å². The highest BCUT2D eigenvalue weighted by Gasteiger charge is 2.20. The molecule has 0 atom stereocenters. The Bertz CT molecular complexity index is 682. The Morgan fingerprint density at radius 2 is 2.11 bits per heavy atom. The van der Waals surface area contributed by atoms with E-state index in [1.54, 1.807) is 0 Å². The molecular formula is C9H9N5O4S. The highest BCUT2D eigenvalue weighted by atomic mass is 32.2. The molecule has 1 aromatic carbocycles. The molecule has 0 aliphatic rings. The van der Waals surface area contributed by atoms with E-state index >= 15 is 0 Å². The molecule has 0 radical (unpaired) electrons. The molecule has 0 spiro atoms. The third-order valence-corrected chi connectivity index (χ3v) is 3.40. The van der Waals surface area contributed by atoms with Gasteiger partial charge >= 0.3 is 0 Å². The fourth-order valence-corrected chi connectivity index (χ4v) is 2.57. The van der Waals surface area contributed by atoms with Crippen molar-refractivity contribution in [2.45, 2.75) is 5.75 Å². The monoisotopic (exact) mass is 283 g/mol. The SMILES string of the molecule is O=[N+]([O-])c1ccccc1CS(=O)(=O)Nc1ncn[nH]1. The van der Waals surface area contributed by atoms with Crippen LogP contribution in [-0.4, -0.2) is 28.5 Å². The van der Waals surface area contributed by atoms with E-state index in [1.807, 2.05) is 0 Å². The minimum atomic E-state index is -3.80. The molecule has 0 aliphatic carbocycles. The highest BCUT2D eigenvalue weighted by molar-refractivity contribution is 7.91. The minimum absolute atomic E-state index is 0.0430. The van der Waals surface area contributed by atoms with E-state index in [-0.39, 0.29) is 17.2 Å². The van der Waals surface area contributed by atoms with E-state index in [0.29, 0.717) is 0 Å². The summed E-state index contributed by atoms with van der Waals surface area (Å²) in [5.41, 5.74) is -0.148. The van der Waals surface area contributed by atoms with Crippen LogP contribution < -0.4 is 4.72 Å². The van der Waals surface area contributed by atoms with E-state index < -0.39 is 20.7 Å². The number of hydrogen-bond donors (Lipinski definition) is 2. The van der Waals surface area contributed by atoms with Crippen molar-refractivity contribution >= 4 is 21.7 Å². The number of aromatic amines is 1. The average Bonchev–Trinajstić information content (AvgIpc) is 2.80. The molecule has 0 unspecified atom stereocenters. The largest absolute Gasteiger partial charge is 0.273 e. The van der Waals surface area contributed by atoms with Crippen LogP contribution in [0.15, 0.2) is 30.6 Å². The van der Waals surface area contributed by atoms with Crippen molar-refractivity contribution in [1.29, 1.82) is 0 Å². The van der Waals surface area contributed by atoms with E-state index in [1.165, 1.54) is 24.3 Å². The van der Waals surface area contributed by atoms with Crippen LogP contribution in [0.4, 0.5) is 11.6 Å². The average molecular weight is 283 g/mol. The predicted molar refractivity (Wildman–Crippen MR) is 65.7 cm³/mol. The smallest absolute Gasteiger partial charge is 0.258 e. The van der Waals surface area contributed by atoms with Crippen LogP contribution in [-0.2, 0) is 15.8 Å². The van der Waals surface area contributed by atoms with Gasteiger partial charge in [0.15, 0.2) is 0 Å². The summed E-state index contributed by atoms with van der Waals surface area (Å²) in [6.07, 6.45) is 1.14. The van der Waals surface area contributed by atoms with Crippen LogP contribution in [0.25, 0.3) is 0 Å². The second kappa shape index (κ2) is 5.02. The quantitative estimate of drug-likeness (QED) is 0.612. The summed E-state index contributed by atoms with van der Waals surface area (Å²) in [5.74, 6) is -0.566. The van der Waals surface area contributed by atoms with Gasteiger partial charge in [0.2, 0.25) is 16.0 Å². The maximum Gasteiger partial charge on any atom is 0.273 e. The molecule has 0 bridgehead atoms. The van der Waals surface area contributed by atoms with Gasteiger partial charge in [0.25, 0.3) is 5.69 Å². The number of nitrogens with one attached hydrogen (secondary N) is 2. The molecule has 1 aromatic heterocycles. The Morgan fingerprint density at radius 1 is 1.37 bits per heavy atom. The Balaban J connectivity index is 2.23. The summed E-state index contributed by atoms with van der Waals surface area (Å²) in [4.78, 5) is 13.8. The van der Waals surface area contributed by atoms with Gasteiger partial charge in [-0.3, -0.25) is 14.8 Å². The lowest BCUT2D eigenvalue weighted by Crippen LogP contribution is -2.16. The molecule has 100 valence electrons. The molecule has 10 heteroatoms. The van der Waals surface area contributed by atoms with Crippen LogP contribution in [0.1, 0.15) is 5.56 Å². The zero-order valence-corrected chi connectivity index (χ0v) is 10.3. The number of benzene rings is 1. The molecule has 0 aliphatic heterocycles.